The third-order valence-electron chi connectivity index (χ3n) is 5.53. The highest BCUT2D eigenvalue weighted by Crippen LogP contribution is 2.39. The van der Waals surface area contributed by atoms with Crippen molar-refractivity contribution in [2.75, 3.05) is 0 Å². The lowest BCUT2D eigenvalue weighted by Gasteiger charge is -2.36. The number of aryl methyl sites for hydroxylation is 1. The summed E-state index contributed by atoms with van der Waals surface area (Å²) in [5.41, 5.74) is 1.84. The van der Waals surface area contributed by atoms with Crippen molar-refractivity contribution >= 4 is 15.8 Å². The van der Waals surface area contributed by atoms with Crippen molar-refractivity contribution in [2.45, 2.75) is 50.5 Å². The Bertz CT molecular complexity index is 876. The van der Waals surface area contributed by atoms with Crippen molar-refractivity contribution in [1.29, 1.82) is 0 Å². The van der Waals surface area contributed by atoms with Gasteiger partial charge in [-0.2, -0.15) is 0 Å². The number of Topliss-reactive ketones (excluding diaryl/α,β-unsaturated/α-hetero) is 1. The van der Waals surface area contributed by atoms with Gasteiger partial charge in [0.1, 0.15) is 5.78 Å². The summed E-state index contributed by atoms with van der Waals surface area (Å²) in [6.45, 7) is 4.00. The van der Waals surface area contributed by atoms with Gasteiger partial charge in [0.15, 0.2) is 0 Å². The molecule has 1 aliphatic carbocycles. The number of hydrogen-bond acceptors (Lipinski definition) is 3. The molecular formula is C22H27NO3S. The molecule has 3 rings (SSSR count). The maximum Gasteiger partial charge on any atom is 0.241 e. The van der Waals surface area contributed by atoms with Gasteiger partial charge in [0.2, 0.25) is 10.0 Å². The number of nitrogens with one attached hydrogen (secondary N) is 1. The van der Waals surface area contributed by atoms with Gasteiger partial charge in [-0.25, -0.2) is 13.1 Å². The molecule has 0 unspecified atom stereocenters. The van der Waals surface area contributed by atoms with E-state index in [-0.39, 0.29) is 22.5 Å². The van der Waals surface area contributed by atoms with Crippen LogP contribution in [0.3, 0.4) is 0 Å². The fourth-order valence-electron chi connectivity index (χ4n) is 4.03. The molecule has 3 atom stereocenters. The second kappa shape index (κ2) is 8.36. The molecule has 0 saturated heterocycles. The van der Waals surface area contributed by atoms with Crippen LogP contribution in [0.15, 0.2) is 59.5 Å². The van der Waals surface area contributed by atoms with Gasteiger partial charge >= 0.3 is 0 Å². The maximum atomic E-state index is 13.0. The summed E-state index contributed by atoms with van der Waals surface area (Å²) in [5, 5.41) is 0. The van der Waals surface area contributed by atoms with E-state index in [9.17, 15) is 13.2 Å². The fraction of sp³-hybridized carbons (Fsp3) is 0.409. The first kappa shape index (κ1) is 19.8. The summed E-state index contributed by atoms with van der Waals surface area (Å²) in [4.78, 5) is 13.0. The van der Waals surface area contributed by atoms with Gasteiger partial charge in [0.05, 0.1) is 10.9 Å². The molecule has 0 aliphatic heterocycles. The quantitative estimate of drug-likeness (QED) is 0.801. The van der Waals surface area contributed by atoms with Crippen molar-refractivity contribution in [2.24, 2.45) is 11.8 Å². The molecule has 2 aromatic carbocycles. The highest BCUT2D eigenvalue weighted by atomic mass is 32.2. The molecule has 2 aromatic rings. The van der Waals surface area contributed by atoms with Crippen molar-refractivity contribution in [3.8, 4) is 0 Å². The number of carbonyl (C=O) groups is 1. The number of sulfonamides is 1. The fourth-order valence-corrected chi connectivity index (χ4v) is 5.27. The first-order valence-corrected chi connectivity index (χ1v) is 11.1. The highest BCUT2D eigenvalue weighted by molar-refractivity contribution is 7.89. The van der Waals surface area contributed by atoms with E-state index in [1.54, 1.807) is 24.3 Å². The minimum absolute atomic E-state index is 0.161. The van der Waals surface area contributed by atoms with Crippen LogP contribution in [0.4, 0.5) is 0 Å². The zero-order valence-corrected chi connectivity index (χ0v) is 16.7. The molecule has 1 aliphatic rings. The van der Waals surface area contributed by atoms with Crippen LogP contribution >= 0.6 is 0 Å². The largest absolute Gasteiger partial charge is 0.299 e. The zero-order chi connectivity index (χ0) is 19.4. The van der Waals surface area contributed by atoms with Crippen LogP contribution in [0, 0.1) is 18.8 Å². The topological polar surface area (TPSA) is 63.2 Å². The summed E-state index contributed by atoms with van der Waals surface area (Å²) in [5.74, 6) is 0.0251. The van der Waals surface area contributed by atoms with Crippen LogP contribution in [0.25, 0.3) is 0 Å². The maximum absolute atomic E-state index is 13.0. The van der Waals surface area contributed by atoms with Crippen LogP contribution in [-0.2, 0) is 14.8 Å². The third-order valence-corrected chi connectivity index (χ3v) is 6.99. The third kappa shape index (κ3) is 4.47. The minimum atomic E-state index is -3.73. The second-order valence-corrected chi connectivity index (χ2v) is 9.09. The Hall–Kier alpha value is -1.98. The Balaban J connectivity index is 2.00. The van der Waals surface area contributed by atoms with Gasteiger partial charge in [0, 0.05) is 12.3 Å². The monoisotopic (exact) mass is 385 g/mol. The van der Waals surface area contributed by atoms with Crippen molar-refractivity contribution in [3.63, 3.8) is 0 Å². The smallest absolute Gasteiger partial charge is 0.241 e. The Morgan fingerprint density at radius 1 is 1.07 bits per heavy atom. The van der Waals surface area contributed by atoms with E-state index in [4.69, 9.17) is 0 Å². The van der Waals surface area contributed by atoms with E-state index in [0.717, 1.165) is 30.4 Å². The number of benzene rings is 2. The normalized spacial score (nSPS) is 21.8. The number of carbonyl (C=O) groups excluding carboxylic acids is 1. The summed E-state index contributed by atoms with van der Waals surface area (Å²) < 4.78 is 29.0. The Morgan fingerprint density at radius 2 is 1.74 bits per heavy atom. The molecular weight excluding hydrogens is 358 g/mol. The lowest BCUT2D eigenvalue weighted by Crippen LogP contribution is -2.42. The van der Waals surface area contributed by atoms with Gasteiger partial charge in [-0.1, -0.05) is 61.4 Å². The van der Waals surface area contributed by atoms with E-state index in [1.807, 2.05) is 37.3 Å². The van der Waals surface area contributed by atoms with Crippen molar-refractivity contribution in [1.82, 2.24) is 4.72 Å². The van der Waals surface area contributed by atoms with Gasteiger partial charge < -0.3 is 0 Å². The summed E-state index contributed by atoms with van der Waals surface area (Å²) >= 11 is 0. The molecule has 1 fully saturated rings. The van der Waals surface area contributed by atoms with Crippen LogP contribution < -0.4 is 4.72 Å². The molecule has 1 N–H and O–H groups in total. The van der Waals surface area contributed by atoms with E-state index in [2.05, 4.69) is 11.6 Å². The van der Waals surface area contributed by atoms with Gasteiger partial charge in [0.25, 0.3) is 0 Å². The van der Waals surface area contributed by atoms with Gasteiger partial charge in [-0.3, -0.25) is 4.79 Å². The van der Waals surface area contributed by atoms with Gasteiger partial charge in [-0.15, -0.1) is 0 Å². The molecule has 1 saturated carbocycles. The van der Waals surface area contributed by atoms with Crippen LogP contribution in [-0.4, -0.2) is 14.2 Å². The molecule has 0 amide bonds. The molecule has 0 radical (unpaired) electrons. The minimum Gasteiger partial charge on any atom is -0.299 e. The SMILES string of the molecule is CC[C@@H]1CCCC(=O)[C@H]1[C@@H](NS(=O)(=O)c1ccc(C)cc1)c1ccccc1. The van der Waals surface area contributed by atoms with E-state index in [1.165, 1.54) is 0 Å². The average molecular weight is 386 g/mol. The Morgan fingerprint density at radius 3 is 2.37 bits per heavy atom. The first-order valence-electron chi connectivity index (χ1n) is 9.59. The molecule has 144 valence electrons. The Labute approximate surface area is 162 Å². The summed E-state index contributed by atoms with van der Waals surface area (Å²) in [6.07, 6.45) is 3.24. The van der Waals surface area contributed by atoms with E-state index in [0.29, 0.717) is 6.42 Å². The summed E-state index contributed by atoms with van der Waals surface area (Å²) in [6, 6.07) is 15.7. The average Bonchev–Trinajstić information content (AvgIpc) is 2.67. The predicted molar refractivity (Wildman–Crippen MR) is 107 cm³/mol. The standard InChI is InChI=1S/C22H27NO3S/c1-3-17-10-7-11-20(24)21(17)22(18-8-5-4-6-9-18)23-27(25,26)19-14-12-16(2)13-15-19/h4-6,8-9,12-15,17,21-23H,3,7,10-11H2,1-2H3/t17-,21+,22+/m1/s1. The Kier molecular flexibility index (Phi) is 6.12. The number of hydrogen-bond donors (Lipinski definition) is 1. The molecule has 27 heavy (non-hydrogen) atoms. The van der Waals surface area contributed by atoms with E-state index < -0.39 is 16.1 Å². The lowest BCUT2D eigenvalue weighted by atomic mass is 9.72. The van der Waals surface area contributed by atoms with Crippen molar-refractivity contribution < 1.29 is 13.2 Å². The second-order valence-electron chi connectivity index (χ2n) is 7.38. The van der Waals surface area contributed by atoms with Crippen LogP contribution in [0.1, 0.15) is 49.8 Å². The molecule has 5 heteroatoms. The van der Waals surface area contributed by atoms with Gasteiger partial charge in [-0.05, 0) is 43.4 Å². The molecule has 4 nitrogen and oxygen atoms in total. The predicted octanol–water partition coefficient (Wildman–Crippen LogP) is 4.41. The summed E-state index contributed by atoms with van der Waals surface area (Å²) in [7, 11) is -3.73. The number of rotatable bonds is 6. The van der Waals surface area contributed by atoms with E-state index >= 15 is 0 Å². The zero-order valence-electron chi connectivity index (χ0n) is 15.9. The van der Waals surface area contributed by atoms with Crippen LogP contribution in [0.2, 0.25) is 0 Å². The number of ketones is 1. The molecule has 0 heterocycles. The van der Waals surface area contributed by atoms with Crippen LogP contribution in [0.5, 0.6) is 0 Å². The first-order chi connectivity index (χ1) is 12.9. The van der Waals surface area contributed by atoms with Crippen molar-refractivity contribution in [3.05, 3.63) is 65.7 Å². The molecule has 0 bridgehead atoms. The molecule has 0 aromatic heterocycles. The molecule has 0 spiro atoms. The highest BCUT2D eigenvalue weighted by Gasteiger charge is 2.39. The lowest BCUT2D eigenvalue weighted by molar-refractivity contribution is -0.127.